The third-order valence-corrected chi connectivity index (χ3v) is 3.37. The molecule has 6 nitrogen and oxygen atoms in total. The van der Waals surface area contributed by atoms with E-state index < -0.39 is 11.7 Å². The Morgan fingerprint density at radius 3 is 2.56 bits per heavy atom. The molecule has 1 atom stereocenters. The zero-order valence-corrected chi connectivity index (χ0v) is 15.8. The Morgan fingerprint density at radius 2 is 2.00 bits per heavy atom. The van der Waals surface area contributed by atoms with Crippen LogP contribution < -0.4 is 20.1 Å². The SMILES string of the molecule is C=CC[C@@H](CNCc1ccc(OC)cc1OC)NC(=O)OC(C)(C)C. The van der Waals surface area contributed by atoms with Crippen LogP contribution in [0.2, 0.25) is 0 Å². The molecule has 0 heterocycles. The molecule has 0 saturated carbocycles. The summed E-state index contributed by atoms with van der Waals surface area (Å²) in [5, 5.41) is 6.19. The van der Waals surface area contributed by atoms with E-state index in [1.165, 1.54) is 0 Å². The Hall–Kier alpha value is -2.21. The van der Waals surface area contributed by atoms with Gasteiger partial charge in [-0.25, -0.2) is 4.79 Å². The zero-order valence-electron chi connectivity index (χ0n) is 15.8. The van der Waals surface area contributed by atoms with E-state index in [-0.39, 0.29) is 6.04 Å². The van der Waals surface area contributed by atoms with Crippen molar-refractivity contribution in [1.82, 2.24) is 10.6 Å². The first-order chi connectivity index (χ1) is 11.8. The number of hydrogen-bond acceptors (Lipinski definition) is 5. The van der Waals surface area contributed by atoms with E-state index in [1.807, 2.05) is 39.0 Å². The predicted octanol–water partition coefficient (Wildman–Crippen LogP) is 3.26. The Balaban J connectivity index is 2.58. The lowest BCUT2D eigenvalue weighted by molar-refractivity contribution is 0.0504. The molecule has 2 N–H and O–H groups in total. The van der Waals surface area contributed by atoms with Crippen LogP contribution in [0.5, 0.6) is 11.5 Å². The number of nitrogens with one attached hydrogen (secondary N) is 2. The summed E-state index contributed by atoms with van der Waals surface area (Å²) < 4.78 is 15.9. The van der Waals surface area contributed by atoms with Crippen LogP contribution in [0.4, 0.5) is 4.79 Å². The van der Waals surface area contributed by atoms with Crippen LogP contribution in [0.25, 0.3) is 0 Å². The van der Waals surface area contributed by atoms with E-state index in [0.29, 0.717) is 19.5 Å². The number of alkyl carbamates (subject to hydrolysis) is 1. The number of rotatable bonds is 9. The van der Waals surface area contributed by atoms with Gasteiger partial charge >= 0.3 is 6.09 Å². The van der Waals surface area contributed by atoms with E-state index in [4.69, 9.17) is 14.2 Å². The Morgan fingerprint density at radius 1 is 1.28 bits per heavy atom. The molecule has 1 amide bonds. The molecule has 0 saturated heterocycles. The minimum Gasteiger partial charge on any atom is -0.497 e. The van der Waals surface area contributed by atoms with E-state index in [0.717, 1.165) is 17.1 Å². The van der Waals surface area contributed by atoms with Crippen molar-refractivity contribution in [2.45, 2.75) is 45.4 Å². The number of methoxy groups -OCH3 is 2. The second-order valence-electron chi connectivity index (χ2n) is 6.68. The van der Waals surface area contributed by atoms with Crippen molar-refractivity contribution in [3.63, 3.8) is 0 Å². The van der Waals surface area contributed by atoms with E-state index in [1.54, 1.807) is 20.3 Å². The third kappa shape index (κ3) is 7.94. The molecule has 0 unspecified atom stereocenters. The van der Waals surface area contributed by atoms with Crippen molar-refractivity contribution >= 4 is 6.09 Å². The smallest absolute Gasteiger partial charge is 0.407 e. The van der Waals surface area contributed by atoms with Gasteiger partial charge in [0.05, 0.1) is 14.2 Å². The topological polar surface area (TPSA) is 68.8 Å². The molecule has 140 valence electrons. The van der Waals surface area contributed by atoms with Crippen molar-refractivity contribution in [1.29, 1.82) is 0 Å². The molecule has 1 aromatic rings. The lowest BCUT2D eigenvalue weighted by Crippen LogP contribution is -2.44. The quantitative estimate of drug-likeness (QED) is 0.669. The van der Waals surface area contributed by atoms with Gasteiger partial charge in [-0.05, 0) is 33.3 Å². The molecule has 0 aliphatic rings. The van der Waals surface area contributed by atoms with Gasteiger partial charge in [0.25, 0.3) is 0 Å². The second kappa shape index (κ2) is 9.93. The summed E-state index contributed by atoms with van der Waals surface area (Å²) in [7, 11) is 3.25. The Labute approximate surface area is 150 Å². The fourth-order valence-corrected chi connectivity index (χ4v) is 2.25. The summed E-state index contributed by atoms with van der Waals surface area (Å²) >= 11 is 0. The highest BCUT2D eigenvalue weighted by atomic mass is 16.6. The highest BCUT2D eigenvalue weighted by Gasteiger charge is 2.19. The molecule has 0 spiro atoms. The first-order valence-corrected chi connectivity index (χ1v) is 8.31. The number of amides is 1. The van der Waals surface area contributed by atoms with Crippen molar-refractivity contribution < 1.29 is 19.0 Å². The molecule has 0 radical (unpaired) electrons. The average molecular weight is 350 g/mol. The molecule has 0 aromatic heterocycles. The van der Waals surface area contributed by atoms with Crippen LogP contribution >= 0.6 is 0 Å². The standard InChI is InChI=1S/C19H30N2O4/c1-7-8-15(21-18(22)25-19(2,3)4)13-20-12-14-9-10-16(23-5)11-17(14)24-6/h7,9-11,15,20H,1,8,12-13H2,2-6H3,(H,21,22)/t15-/m0/s1. The van der Waals surface area contributed by atoms with Crippen molar-refractivity contribution in [3.8, 4) is 11.5 Å². The van der Waals surface area contributed by atoms with Gasteiger partial charge in [-0.1, -0.05) is 12.1 Å². The van der Waals surface area contributed by atoms with Crippen LogP contribution in [0.1, 0.15) is 32.8 Å². The van der Waals surface area contributed by atoms with Gasteiger partial charge in [0.2, 0.25) is 0 Å². The largest absolute Gasteiger partial charge is 0.497 e. The lowest BCUT2D eigenvalue weighted by atomic mass is 10.1. The monoisotopic (exact) mass is 350 g/mol. The number of carbonyl (C=O) groups is 1. The normalized spacial score (nSPS) is 12.2. The molecule has 1 rings (SSSR count). The maximum atomic E-state index is 11.9. The highest BCUT2D eigenvalue weighted by Crippen LogP contribution is 2.24. The van der Waals surface area contributed by atoms with Gasteiger partial charge in [0.15, 0.2) is 0 Å². The maximum Gasteiger partial charge on any atom is 0.407 e. The summed E-state index contributed by atoms with van der Waals surface area (Å²) in [4.78, 5) is 11.9. The van der Waals surface area contributed by atoms with Gasteiger partial charge in [0, 0.05) is 30.8 Å². The molecular weight excluding hydrogens is 320 g/mol. The third-order valence-electron chi connectivity index (χ3n) is 3.37. The van der Waals surface area contributed by atoms with Crippen LogP contribution in [0.3, 0.4) is 0 Å². The van der Waals surface area contributed by atoms with Crippen LogP contribution in [-0.4, -0.2) is 38.5 Å². The molecule has 6 heteroatoms. The first-order valence-electron chi connectivity index (χ1n) is 8.31. The zero-order chi connectivity index (χ0) is 18.9. The Bertz CT molecular complexity index is 567. The second-order valence-corrected chi connectivity index (χ2v) is 6.68. The fraction of sp³-hybridized carbons (Fsp3) is 0.526. The molecule has 1 aromatic carbocycles. The molecule has 0 fully saturated rings. The molecule has 25 heavy (non-hydrogen) atoms. The summed E-state index contributed by atoms with van der Waals surface area (Å²) in [5.74, 6) is 1.50. The van der Waals surface area contributed by atoms with E-state index in [2.05, 4.69) is 17.2 Å². The van der Waals surface area contributed by atoms with E-state index in [9.17, 15) is 4.79 Å². The summed E-state index contributed by atoms with van der Waals surface area (Å²) in [5.41, 5.74) is 0.491. The van der Waals surface area contributed by atoms with Gasteiger partial charge in [-0.3, -0.25) is 0 Å². The van der Waals surface area contributed by atoms with Gasteiger partial charge in [-0.15, -0.1) is 6.58 Å². The number of benzene rings is 1. The maximum absolute atomic E-state index is 11.9. The number of ether oxygens (including phenoxy) is 3. The van der Waals surface area contributed by atoms with Crippen LogP contribution in [0.15, 0.2) is 30.9 Å². The van der Waals surface area contributed by atoms with Crippen molar-refractivity contribution in [2.24, 2.45) is 0 Å². The van der Waals surface area contributed by atoms with E-state index >= 15 is 0 Å². The van der Waals surface area contributed by atoms with Crippen LogP contribution in [0, 0.1) is 0 Å². The fourth-order valence-electron chi connectivity index (χ4n) is 2.25. The first kappa shape index (κ1) is 20.8. The number of carbonyl (C=O) groups excluding carboxylic acids is 1. The van der Waals surface area contributed by atoms with Crippen molar-refractivity contribution in [3.05, 3.63) is 36.4 Å². The highest BCUT2D eigenvalue weighted by molar-refractivity contribution is 5.68. The molecule has 0 bridgehead atoms. The molecule has 0 aliphatic heterocycles. The average Bonchev–Trinajstić information content (AvgIpc) is 2.53. The molecule has 0 aliphatic carbocycles. The van der Waals surface area contributed by atoms with Crippen molar-refractivity contribution in [2.75, 3.05) is 20.8 Å². The van der Waals surface area contributed by atoms with Gasteiger partial charge < -0.3 is 24.8 Å². The Kier molecular flexibility index (Phi) is 8.28. The lowest BCUT2D eigenvalue weighted by Gasteiger charge is -2.23. The summed E-state index contributed by atoms with van der Waals surface area (Å²) in [6.07, 6.45) is 1.99. The van der Waals surface area contributed by atoms with Gasteiger partial charge in [-0.2, -0.15) is 0 Å². The summed E-state index contributed by atoms with van der Waals surface area (Å²) in [6.45, 7) is 10.4. The molecular formula is C19H30N2O4. The van der Waals surface area contributed by atoms with Gasteiger partial charge in [0.1, 0.15) is 17.1 Å². The van der Waals surface area contributed by atoms with Crippen LogP contribution in [-0.2, 0) is 11.3 Å². The number of hydrogen-bond donors (Lipinski definition) is 2. The summed E-state index contributed by atoms with van der Waals surface area (Å²) in [6, 6.07) is 5.59. The minimum atomic E-state index is -0.521. The predicted molar refractivity (Wildman–Crippen MR) is 99.2 cm³/mol. The minimum absolute atomic E-state index is 0.100.